The van der Waals surface area contributed by atoms with Crippen LogP contribution in [-0.4, -0.2) is 41.5 Å². The number of anilines is 1. The number of aliphatic hydroxyl groups is 1. The fourth-order valence-electron chi connectivity index (χ4n) is 1.68. The molecule has 0 saturated carbocycles. The summed E-state index contributed by atoms with van der Waals surface area (Å²) >= 11 is 0. The molecule has 1 aromatic carbocycles. The van der Waals surface area contributed by atoms with Crippen LogP contribution in [-0.2, 0) is 0 Å². The summed E-state index contributed by atoms with van der Waals surface area (Å²) in [5, 5.41) is 11.5. The zero-order chi connectivity index (χ0) is 14.3. The number of ketones is 1. The number of urea groups is 1. The van der Waals surface area contributed by atoms with Crippen LogP contribution in [0.5, 0.6) is 0 Å². The largest absolute Gasteiger partial charge is 0.396 e. The predicted octanol–water partition coefficient (Wildman–Crippen LogP) is 2.13. The van der Waals surface area contributed by atoms with Crippen molar-refractivity contribution in [1.29, 1.82) is 0 Å². The molecule has 0 atom stereocenters. The van der Waals surface area contributed by atoms with Gasteiger partial charge in [-0.3, -0.25) is 4.79 Å². The second-order valence-electron chi connectivity index (χ2n) is 4.22. The first-order chi connectivity index (χ1) is 9.08. The molecule has 0 fully saturated rings. The van der Waals surface area contributed by atoms with E-state index in [1.54, 1.807) is 29.2 Å². The molecule has 0 unspecified atom stereocenters. The van der Waals surface area contributed by atoms with E-state index in [0.29, 0.717) is 30.8 Å². The highest BCUT2D eigenvalue weighted by molar-refractivity contribution is 5.96. The van der Waals surface area contributed by atoms with Gasteiger partial charge < -0.3 is 15.3 Å². The third kappa shape index (κ3) is 4.71. The van der Waals surface area contributed by atoms with E-state index in [-0.39, 0.29) is 18.4 Å². The summed E-state index contributed by atoms with van der Waals surface area (Å²) in [4.78, 5) is 24.9. The number of nitrogens with one attached hydrogen (secondary N) is 1. The van der Waals surface area contributed by atoms with Gasteiger partial charge in [0.1, 0.15) is 0 Å². The molecule has 1 aromatic rings. The molecule has 0 saturated heterocycles. The molecule has 104 valence electrons. The molecule has 2 amide bonds. The molecular weight excluding hydrogens is 244 g/mol. The Morgan fingerprint density at radius 3 is 2.68 bits per heavy atom. The Bertz CT molecular complexity index is 446. The van der Waals surface area contributed by atoms with Crippen molar-refractivity contribution >= 4 is 17.5 Å². The molecule has 0 radical (unpaired) electrons. The van der Waals surface area contributed by atoms with Crippen LogP contribution in [0, 0.1) is 0 Å². The Morgan fingerprint density at radius 2 is 2.11 bits per heavy atom. The fourth-order valence-corrected chi connectivity index (χ4v) is 1.68. The lowest BCUT2D eigenvalue weighted by Crippen LogP contribution is -2.35. The number of carbonyl (C=O) groups excluding carboxylic acids is 2. The van der Waals surface area contributed by atoms with Gasteiger partial charge in [0.05, 0.1) is 0 Å². The summed E-state index contributed by atoms with van der Waals surface area (Å²) in [5.74, 6) is -0.0382. The number of hydrogen-bond acceptors (Lipinski definition) is 3. The van der Waals surface area contributed by atoms with E-state index in [1.165, 1.54) is 6.92 Å². The van der Waals surface area contributed by atoms with Crippen molar-refractivity contribution in [3.8, 4) is 0 Å². The SMILES string of the molecule is CCN(CCCO)C(=O)Nc1cccc(C(C)=O)c1. The molecule has 1 rings (SSSR count). The number of carbonyl (C=O) groups is 2. The van der Waals surface area contributed by atoms with Crippen molar-refractivity contribution in [2.45, 2.75) is 20.3 Å². The third-order valence-electron chi connectivity index (χ3n) is 2.78. The van der Waals surface area contributed by atoms with Gasteiger partial charge in [-0.15, -0.1) is 0 Å². The van der Waals surface area contributed by atoms with Crippen molar-refractivity contribution in [2.75, 3.05) is 25.0 Å². The minimum atomic E-state index is -0.225. The number of benzene rings is 1. The lowest BCUT2D eigenvalue weighted by atomic mass is 10.1. The number of Topliss-reactive ketones (excluding diaryl/α,β-unsaturated/α-hetero) is 1. The van der Waals surface area contributed by atoms with Gasteiger partial charge in [0, 0.05) is 30.9 Å². The second kappa shape index (κ2) is 7.53. The quantitative estimate of drug-likeness (QED) is 0.773. The number of aliphatic hydroxyl groups excluding tert-OH is 1. The van der Waals surface area contributed by atoms with Gasteiger partial charge >= 0.3 is 6.03 Å². The van der Waals surface area contributed by atoms with Gasteiger partial charge in [-0.25, -0.2) is 4.79 Å². The van der Waals surface area contributed by atoms with Gasteiger partial charge in [-0.2, -0.15) is 0 Å². The van der Waals surface area contributed by atoms with Crippen molar-refractivity contribution in [3.63, 3.8) is 0 Å². The zero-order valence-corrected chi connectivity index (χ0v) is 11.3. The standard InChI is InChI=1S/C14H20N2O3/c1-3-16(8-5-9-17)14(19)15-13-7-4-6-12(10-13)11(2)18/h4,6-7,10,17H,3,5,8-9H2,1-2H3,(H,15,19). The fraction of sp³-hybridized carbons (Fsp3) is 0.429. The zero-order valence-electron chi connectivity index (χ0n) is 11.3. The number of hydrogen-bond donors (Lipinski definition) is 2. The summed E-state index contributed by atoms with van der Waals surface area (Å²) in [6, 6.07) is 6.61. The molecule has 0 spiro atoms. The Balaban J connectivity index is 2.69. The summed E-state index contributed by atoms with van der Waals surface area (Å²) in [5.41, 5.74) is 1.16. The average molecular weight is 264 g/mol. The molecule has 2 N–H and O–H groups in total. The first-order valence-electron chi connectivity index (χ1n) is 6.36. The van der Waals surface area contributed by atoms with Crippen LogP contribution >= 0.6 is 0 Å². The van der Waals surface area contributed by atoms with Crippen LogP contribution in [0.1, 0.15) is 30.6 Å². The minimum absolute atomic E-state index is 0.0382. The smallest absolute Gasteiger partial charge is 0.321 e. The Kier molecular flexibility index (Phi) is 6.02. The Hall–Kier alpha value is -1.88. The number of nitrogens with zero attached hydrogens (tertiary/aromatic N) is 1. The minimum Gasteiger partial charge on any atom is -0.396 e. The summed E-state index contributed by atoms with van der Waals surface area (Å²) in [6.07, 6.45) is 0.550. The van der Waals surface area contributed by atoms with Crippen LogP contribution < -0.4 is 5.32 Å². The maximum atomic E-state index is 12.0. The van der Waals surface area contributed by atoms with Crippen molar-refractivity contribution in [2.24, 2.45) is 0 Å². The van der Waals surface area contributed by atoms with E-state index < -0.39 is 0 Å². The molecule has 0 heterocycles. The highest BCUT2D eigenvalue weighted by Gasteiger charge is 2.11. The third-order valence-corrected chi connectivity index (χ3v) is 2.78. The van der Waals surface area contributed by atoms with Crippen molar-refractivity contribution in [1.82, 2.24) is 4.90 Å². The maximum absolute atomic E-state index is 12.0. The predicted molar refractivity (Wildman–Crippen MR) is 74.4 cm³/mol. The highest BCUT2D eigenvalue weighted by atomic mass is 16.3. The molecule has 0 aromatic heterocycles. The van der Waals surface area contributed by atoms with E-state index >= 15 is 0 Å². The van der Waals surface area contributed by atoms with E-state index in [4.69, 9.17) is 5.11 Å². The van der Waals surface area contributed by atoms with E-state index in [2.05, 4.69) is 5.32 Å². The van der Waals surface area contributed by atoms with Crippen LogP contribution in [0.3, 0.4) is 0 Å². The van der Waals surface area contributed by atoms with E-state index in [9.17, 15) is 9.59 Å². The van der Waals surface area contributed by atoms with Crippen molar-refractivity contribution in [3.05, 3.63) is 29.8 Å². The van der Waals surface area contributed by atoms with Crippen LogP contribution in [0.15, 0.2) is 24.3 Å². The molecular formula is C14H20N2O3. The summed E-state index contributed by atoms with van der Waals surface area (Å²) < 4.78 is 0. The van der Waals surface area contributed by atoms with Crippen molar-refractivity contribution < 1.29 is 14.7 Å². The normalized spacial score (nSPS) is 10.1. The van der Waals surface area contributed by atoms with Crippen LogP contribution in [0.4, 0.5) is 10.5 Å². The van der Waals surface area contributed by atoms with Crippen LogP contribution in [0.25, 0.3) is 0 Å². The Labute approximate surface area is 113 Å². The molecule has 0 aliphatic heterocycles. The van der Waals surface area contributed by atoms with E-state index in [1.807, 2.05) is 6.92 Å². The molecule has 0 aliphatic carbocycles. The number of rotatable bonds is 6. The van der Waals surface area contributed by atoms with E-state index in [0.717, 1.165) is 0 Å². The molecule has 5 heteroatoms. The molecule has 5 nitrogen and oxygen atoms in total. The van der Waals surface area contributed by atoms with Gasteiger partial charge in [-0.1, -0.05) is 12.1 Å². The summed E-state index contributed by atoms with van der Waals surface area (Å²) in [6.45, 7) is 4.50. The Morgan fingerprint density at radius 1 is 1.37 bits per heavy atom. The second-order valence-corrected chi connectivity index (χ2v) is 4.22. The maximum Gasteiger partial charge on any atom is 0.321 e. The van der Waals surface area contributed by atoms with Crippen LogP contribution in [0.2, 0.25) is 0 Å². The van der Waals surface area contributed by atoms with Gasteiger partial charge in [0.15, 0.2) is 5.78 Å². The topological polar surface area (TPSA) is 69.6 Å². The highest BCUT2D eigenvalue weighted by Crippen LogP contribution is 2.12. The average Bonchev–Trinajstić information content (AvgIpc) is 2.40. The first-order valence-corrected chi connectivity index (χ1v) is 6.36. The molecule has 0 aliphatic rings. The molecule has 0 bridgehead atoms. The van der Waals surface area contributed by atoms with Gasteiger partial charge in [0.2, 0.25) is 0 Å². The number of amides is 2. The van der Waals surface area contributed by atoms with Gasteiger partial charge in [0.25, 0.3) is 0 Å². The monoisotopic (exact) mass is 264 g/mol. The molecule has 19 heavy (non-hydrogen) atoms. The van der Waals surface area contributed by atoms with Gasteiger partial charge in [-0.05, 0) is 32.4 Å². The summed E-state index contributed by atoms with van der Waals surface area (Å²) in [7, 11) is 0. The lowest BCUT2D eigenvalue weighted by Gasteiger charge is -2.21. The lowest BCUT2D eigenvalue weighted by molar-refractivity contribution is 0.101. The first kappa shape index (κ1) is 15.2.